The lowest BCUT2D eigenvalue weighted by Gasteiger charge is -2.03. The Morgan fingerprint density at radius 1 is 1.28 bits per heavy atom. The van der Waals surface area contributed by atoms with Crippen LogP contribution in [0.1, 0.15) is 25.5 Å². The van der Waals surface area contributed by atoms with Crippen LogP contribution < -0.4 is 5.32 Å². The predicted molar refractivity (Wildman–Crippen MR) is 69.3 cm³/mol. The van der Waals surface area contributed by atoms with Gasteiger partial charge in [0.2, 0.25) is 0 Å². The van der Waals surface area contributed by atoms with Gasteiger partial charge >= 0.3 is 0 Å². The Morgan fingerprint density at radius 2 is 2.11 bits per heavy atom. The molecule has 18 heavy (non-hydrogen) atoms. The molecule has 6 nitrogen and oxygen atoms in total. The Bertz CT molecular complexity index is 488. The summed E-state index contributed by atoms with van der Waals surface area (Å²) in [6, 6.07) is 0.381. The normalized spacial score (nSPS) is 11.1. The van der Waals surface area contributed by atoms with Gasteiger partial charge in [0.05, 0.1) is 31.2 Å². The molecule has 6 heteroatoms. The first kappa shape index (κ1) is 12.6. The molecule has 0 bridgehead atoms. The second-order valence-electron chi connectivity index (χ2n) is 4.49. The molecule has 2 rings (SSSR count). The van der Waals surface area contributed by atoms with Crippen LogP contribution in [0.15, 0.2) is 24.8 Å². The molecule has 0 saturated carbocycles. The van der Waals surface area contributed by atoms with Gasteiger partial charge in [0, 0.05) is 30.5 Å². The fraction of sp³-hybridized carbons (Fsp3) is 0.500. The van der Waals surface area contributed by atoms with E-state index in [2.05, 4.69) is 29.4 Å². The summed E-state index contributed by atoms with van der Waals surface area (Å²) < 4.78 is 3.64. The Morgan fingerprint density at radius 3 is 2.78 bits per heavy atom. The third kappa shape index (κ3) is 3.10. The van der Waals surface area contributed by atoms with Crippen LogP contribution in [0.5, 0.6) is 0 Å². The number of aromatic nitrogens is 4. The van der Waals surface area contributed by atoms with Crippen molar-refractivity contribution in [3.05, 3.63) is 30.4 Å². The first-order valence-corrected chi connectivity index (χ1v) is 6.09. The lowest BCUT2D eigenvalue weighted by molar-refractivity contribution is 0.269. The van der Waals surface area contributed by atoms with Crippen LogP contribution in [0.2, 0.25) is 0 Å². The molecular weight excluding hydrogens is 230 g/mol. The summed E-state index contributed by atoms with van der Waals surface area (Å²) in [5.41, 5.74) is 2.08. The smallest absolute Gasteiger partial charge is 0.0729 e. The van der Waals surface area contributed by atoms with Crippen molar-refractivity contribution < 1.29 is 5.11 Å². The molecule has 0 fully saturated rings. The van der Waals surface area contributed by atoms with Gasteiger partial charge < -0.3 is 10.4 Å². The molecule has 2 N–H and O–H groups in total. The molecule has 0 atom stereocenters. The highest BCUT2D eigenvalue weighted by Crippen LogP contribution is 2.09. The van der Waals surface area contributed by atoms with E-state index in [1.54, 1.807) is 10.9 Å². The standard InChI is InChI=1S/C12H19N5O/c1-10(2)17-8-11(6-15-17)5-13-12-7-14-16(9-12)3-4-18/h6-10,13,18H,3-5H2,1-2H3. The second kappa shape index (κ2) is 5.68. The van der Waals surface area contributed by atoms with Crippen LogP contribution in [0, 0.1) is 0 Å². The van der Waals surface area contributed by atoms with Gasteiger partial charge in [-0.25, -0.2) is 0 Å². The van der Waals surface area contributed by atoms with E-state index in [1.165, 1.54) is 0 Å². The third-order valence-electron chi connectivity index (χ3n) is 2.64. The van der Waals surface area contributed by atoms with E-state index < -0.39 is 0 Å². The molecule has 0 aliphatic carbocycles. The number of hydrogen-bond donors (Lipinski definition) is 2. The van der Waals surface area contributed by atoms with Crippen molar-refractivity contribution in [2.24, 2.45) is 0 Å². The van der Waals surface area contributed by atoms with Crippen molar-refractivity contribution >= 4 is 5.69 Å². The average molecular weight is 249 g/mol. The number of hydrogen-bond acceptors (Lipinski definition) is 4. The Balaban J connectivity index is 1.89. The van der Waals surface area contributed by atoms with Crippen molar-refractivity contribution in [3.63, 3.8) is 0 Å². The van der Waals surface area contributed by atoms with E-state index >= 15 is 0 Å². The first-order chi connectivity index (χ1) is 8.69. The van der Waals surface area contributed by atoms with E-state index in [1.807, 2.05) is 23.3 Å². The minimum atomic E-state index is 0.0995. The van der Waals surface area contributed by atoms with Crippen LogP contribution in [0.25, 0.3) is 0 Å². The van der Waals surface area contributed by atoms with Crippen LogP contribution in [0.3, 0.4) is 0 Å². The summed E-state index contributed by atoms with van der Waals surface area (Å²) in [6.07, 6.45) is 7.53. The number of aliphatic hydroxyl groups excluding tert-OH is 1. The topological polar surface area (TPSA) is 67.9 Å². The molecule has 2 heterocycles. The highest BCUT2D eigenvalue weighted by Gasteiger charge is 2.02. The number of anilines is 1. The van der Waals surface area contributed by atoms with E-state index in [4.69, 9.17) is 5.11 Å². The molecular formula is C12H19N5O. The zero-order valence-electron chi connectivity index (χ0n) is 10.7. The summed E-state index contributed by atoms with van der Waals surface area (Å²) in [4.78, 5) is 0. The fourth-order valence-corrected chi connectivity index (χ4v) is 1.63. The van der Waals surface area contributed by atoms with Crippen LogP contribution in [-0.4, -0.2) is 31.3 Å². The van der Waals surface area contributed by atoms with Crippen molar-refractivity contribution in [1.29, 1.82) is 0 Å². The minimum Gasteiger partial charge on any atom is -0.394 e. The molecule has 98 valence electrons. The third-order valence-corrected chi connectivity index (χ3v) is 2.64. The van der Waals surface area contributed by atoms with Crippen molar-refractivity contribution in [2.75, 3.05) is 11.9 Å². The Labute approximate surface area is 106 Å². The first-order valence-electron chi connectivity index (χ1n) is 6.09. The number of aliphatic hydroxyl groups is 1. The summed E-state index contributed by atoms with van der Waals surface area (Å²) in [5.74, 6) is 0. The molecule has 0 spiro atoms. The second-order valence-corrected chi connectivity index (χ2v) is 4.49. The quantitative estimate of drug-likeness (QED) is 0.809. The van der Waals surface area contributed by atoms with Crippen molar-refractivity contribution in [3.8, 4) is 0 Å². The molecule has 0 aliphatic rings. The summed E-state index contributed by atoms with van der Waals surface area (Å²) in [6.45, 7) is 5.54. The van der Waals surface area contributed by atoms with Gasteiger partial charge in [-0.2, -0.15) is 10.2 Å². The van der Waals surface area contributed by atoms with Crippen LogP contribution in [-0.2, 0) is 13.1 Å². The molecule has 0 unspecified atom stereocenters. The largest absolute Gasteiger partial charge is 0.394 e. The molecule has 0 amide bonds. The lowest BCUT2D eigenvalue weighted by Crippen LogP contribution is -2.02. The zero-order valence-corrected chi connectivity index (χ0v) is 10.7. The highest BCUT2D eigenvalue weighted by atomic mass is 16.3. The number of nitrogens with one attached hydrogen (secondary N) is 1. The molecule has 0 radical (unpaired) electrons. The van der Waals surface area contributed by atoms with Gasteiger partial charge in [-0.05, 0) is 13.8 Å². The molecule has 0 aromatic carbocycles. The summed E-state index contributed by atoms with van der Waals surface area (Å²) in [5, 5.41) is 20.5. The average Bonchev–Trinajstić information content (AvgIpc) is 2.95. The Kier molecular flexibility index (Phi) is 3.99. The van der Waals surface area contributed by atoms with Gasteiger partial charge in [-0.15, -0.1) is 0 Å². The van der Waals surface area contributed by atoms with E-state index in [9.17, 15) is 0 Å². The van der Waals surface area contributed by atoms with Gasteiger partial charge in [-0.3, -0.25) is 9.36 Å². The lowest BCUT2D eigenvalue weighted by atomic mass is 10.3. The van der Waals surface area contributed by atoms with Crippen molar-refractivity contribution in [1.82, 2.24) is 19.6 Å². The Hall–Kier alpha value is -1.82. The predicted octanol–water partition coefficient (Wildman–Crippen LogP) is 1.26. The van der Waals surface area contributed by atoms with E-state index in [-0.39, 0.29) is 6.61 Å². The maximum atomic E-state index is 8.80. The summed E-state index contributed by atoms with van der Waals surface area (Å²) in [7, 11) is 0. The minimum absolute atomic E-state index is 0.0995. The molecule has 2 aromatic heterocycles. The SMILES string of the molecule is CC(C)n1cc(CNc2cnn(CCO)c2)cn1. The van der Waals surface area contributed by atoms with E-state index in [0.29, 0.717) is 12.6 Å². The molecule has 0 saturated heterocycles. The maximum Gasteiger partial charge on any atom is 0.0729 e. The fourth-order valence-electron chi connectivity index (χ4n) is 1.63. The van der Waals surface area contributed by atoms with Gasteiger partial charge in [0.25, 0.3) is 0 Å². The number of nitrogens with zero attached hydrogens (tertiary/aromatic N) is 4. The van der Waals surface area contributed by atoms with Crippen LogP contribution >= 0.6 is 0 Å². The van der Waals surface area contributed by atoms with Gasteiger partial charge in [0.15, 0.2) is 0 Å². The van der Waals surface area contributed by atoms with Gasteiger partial charge in [0.1, 0.15) is 0 Å². The molecule has 2 aromatic rings. The maximum absolute atomic E-state index is 8.80. The van der Waals surface area contributed by atoms with Gasteiger partial charge in [-0.1, -0.05) is 0 Å². The van der Waals surface area contributed by atoms with Crippen molar-refractivity contribution in [2.45, 2.75) is 33.0 Å². The zero-order chi connectivity index (χ0) is 13.0. The van der Waals surface area contributed by atoms with E-state index in [0.717, 1.165) is 17.8 Å². The highest BCUT2D eigenvalue weighted by molar-refractivity contribution is 5.38. The summed E-state index contributed by atoms with van der Waals surface area (Å²) >= 11 is 0. The van der Waals surface area contributed by atoms with Crippen LogP contribution in [0.4, 0.5) is 5.69 Å². The number of rotatable bonds is 6. The molecule has 0 aliphatic heterocycles. The monoisotopic (exact) mass is 249 g/mol.